The van der Waals surface area contributed by atoms with Crippen molar-refractivity contribution in [3.8, 4) is 22.8 Å². The van der Waals surface area contributed by atoms with Crippen LogP contribution in [0.25, 0.3) is 22.8 Å². The van der Waals surface area contributed by atoms with Crippen molar-refractivity contribution in [1.82, 2.24) is 15.2 Å². The minimum absolute atomic E-state index is 0.478. The van der Waals surface area contributed by atoms with Gasteiger partial charge >= 0.3 is 0 Å². The highest BCUT2D eigenvalue weighted by atomic mass is 15.2. The van der Waals surface area contributed by atoms with E-state index in [1.54, 1.807) is 0 Å². The lowest BCUT2D eigenvalue weighted by Gasteiger charge is -2.02. The standard InChI is InChI=1S/C15H14N4/c16-10-12-8-4-5-9-13(12)15-17-14(18-19-15)11-6-2-1-3-7-11/h1-9H,10,16H2,(H,17,18,19). The van der Waals surface area contributed by atoms with Gasteiger partial charge in [0.2, 0.25) is 0 Å². The normalized spacial score (nSPS) is 10.6. The summed E-state index contributed by atoms with van der Waals surface area (Å²) >= 11 is 0. The lowest BCUT2D eigenvalue weighted by Crippen LogP contribution is -1.99. The van der Waals surface area contributed by atoms with Crippen molar-refractivity contribution in [3.05, 3.63) is 60.2 Å². The third kappa shape index (κ3) is 2.26. The monoisotopic (exact) mass is 250 g/mol. The van der Waals surface area contributed by atoms with E-state index in [4.69, 9.17) is 5.73 Å². The van der Waals surface area contributed by atoms with E-state index in [0.29, 0.717) is 12.4 Å². The molecule has 0 aliphatic carbocycles. The van der Waals surface area contributed by atoms with E-state index in [1.807, 2.05) is 54.6 Å². The zero-order valence-electron chi connectivity index (χ0n) is 10.4. The number of aromatic nitrogens is 3. The minimum atomic E-state index is 0.478. The Hall–Kier alpha value is -2.46. The summed E-state index contributed by atoms with van der Waals surface area (Å²) in [7, 11) is 0. The summed E-state index contributed by atoms with van der Waals surface area (Å²) in [6.45, 7) is 0.478. The van der Waals surface area contributed by atoms with E-state index in [2.05, 4.69) is 15.2 Å². The molecule has 0 spiro atoms. The Morgan fingerprint density at radius 1 is 0.947 bits per heavy atom. The molecule has 0 bridgehead atoms. The van der Waals surface area contributed by atoms with Gasteiger partial charge in [0.25, 0.3) is 0 Å². The van der Waals surface area contributed by atoms with Crippen LogP contribution in [0.5, 0.6) is 0 Å². The predicted molar refractivity (Wildman–Crippen MR) is 75.1 cm³/mol. The molecule has 0 radical (unpaired) electrons. The number of aromatic amines is 1. The van der Waals surface area contributed by atoms with Gasteiger partial charge in [0.15, 0.2) is 11.6 Å². The van der Waals surface area contributed by atoms with Crippen molar-refractivity contribution >= 4 is 0 Å². The van der Waals surface area contributed by atoms with E-state index in [0.717, 1.165) is 22.5 Å². The number of H-pyrrole nitrogens is 1. The molecule has 3 rings (SSSR count). The van der Waals surface area contributed by atoms with Crippen LogP contribution in [0.2, 0.25) is 0 Å². The van der Waals surface area contributed by atoms with Crippen LogP contribution in [0.4, 0.5) is 0 Å². The second-order valence-electron chi connectivity index (χ2n) is 4.23. The first-order valence-electron chi connectivity index (χ1n) is 6.14. The molecule has 2 aromatic carbocycles. The quantitative estimate of drug-likeness (QED) is 0.750. The van der Waals surface area contributed by atoms with E-state index in [9.17, 15) is 0 Å². The molecule has 3 N–H and O–H groups in total. The smallest absolute Gasteiger partial charge is 0.181 e. The zero-order chi connectivity index (χ0) is 13.1. The SMILES string of the molecule is NCc1ccccc1-c1n[nH]c(-c2ccccc2)n1. The number of benzene rings is 2. The number of rotatable bonds is 3. The Balaban J connectivity index is 2.02. The molecular weight excluding hydrogens is 236 g/mol. The Morgan fingerprint density at radius 3 is 2.47 bits per heavy atom. The summed E-state index contributed by atoms with van der Waals surface area (Å²) in [5.74, 6) is 1.45. The average Bonchev–Trinajstić information content (AvgIpc) is 2.98. The highest BCUT2D eigenvalue weighted by molar-refractivity contribution is 5.63. The van der Waals surface area contributed by atoms with Crippen LogP contribution in [-0.4, -0.2) is 15.2 Å². The maximum absolute atomic E-state index is 5.74. The second-order valence-corrected chi connectivity index (χ2v) is 4.23. The lowest BCUT2D eigenvalue weighted by molar-refractivity contribution is 1.05. The molecule has 0 fully saturated rings. The van der Waals surface area contributed by atoms with E-state index >= 15 is 0 Å². The largest absolute Gasteiger partial charge is 0.326 e. The molecule has 0 saturated heterocycles. The molecular formula is C15H14N4. The van der Waals surface area contributed by atoms with Gasteiger partial charge in [-0.05, 0) is 5.56 Å². The van der Waals surface area contributed by atoms with Gasteiger partial charge in [-0.2, -0.15) is 5.10 Å². The molecule has 0 aliphatic rings. The minimum Gasteiger partial charge on any atom is -0.326 e. The van der Waals surface area contributed by atoms with Crippen LogP contribution in [0.1, 0.15) is 5.56 Å². The van der Waals surface area contributed by atoms with Gasteiger partial charge in [-0.25, -0.2) is 4.98 Å². The molecule has 1 aromatic heterocycles. The van der Waals surface area contributed by atoms with Crippen molar-refractivity contribution < 1.29 is 0 Å². The first-order valence-corrected chi connectivity index (χ1v) is 6.14. The van der Waals surface area contributed by atoms with Crippen LogP contribution in [0, 0.1) is 0 Å². The first-order chi connectivity index (χ1) is 9.38. The second kappa shape index (κ2) is 5.04. The highest BCUT2D eigenvalue weighted by Gasteiger charge is 2.10. The molecule has 94 valence electrons. The molecule has 4 nitrogen and oxygen atoms in total. The first kappa shape index (κ1) is 11.6. The average molecular weight is 250 g/mol. The number of nitrogens with two attached hydrogens (primary N) is 1. The van der Waals surface area contributed by atoms with Crippen LogP contribution >= 0.6 is 0 Å². The van der Waals surface area contributed by atoms with Crippen molar-refractivity contribution in [2.45, 2.75) is 6.54 Å². The number of nitrogens with one attached hydrogen (secondary N) is 1. The van der Waals surface area contributed by atoms with Gasteiger partial charge in [0.05, 0.1) is 0 Å². The summed E-state index contributed by atoms with van der Waals surface area (Å²) in [4.78, 5) is 4.54. The molecule has 3 aromatic rings. The molecule has 4 heteroatoms. The van der Waals surface area contributed by atoms with Gasteiger partial charge in [-0.3, -0.25) is 5.10 Å². The van der Waals surface area contributed by atoms with Crippen LogP contribution in [-0.2, 0) is 6.54 Å². The predicted octanol–water partition coefficient (Wildman–Crippen LogP) is 2.60. The molecule has 0 unspecified atom stereocenters. The number of hydrogen-bond donors (Lipinski definition) is 2. The maximum Gasteiger partial charge on any atom is 0.181 e. The van der Waals surface area contributed by atoms with Gasteiger partial charge < -0.3 is 5.73 Å². The summed E-state index contributed by atoms with van der Waals surface area (Å²) in [6.07, 6.45) is 0. The third-order valence-electron chi connectivity index (χ3n) is 3.01. The fourth-order valence-electron chi connectivity index (χ4n) is 2.02. The van der Waals surface area contributed by atoms with Gasteiger partial charge in [-0.1, -0.05) is 54.6 Å². The van der Waals surface area contributed by atoms with Crippen molar-refractivity contribution in [1.29, 1.82) is 0 Å². The van der Waals surface area contributed by atoms with Crippen molar-refractivity contribution in [2.75, 3.05) is 0 Å². The number of hydrogen-bond acceptors (Lipinski definition) is 3. The highest BCUT2D eigenvalue weighted by Crippen LogP contribution is 2.22. The Morgan fingerprint density at radius 2 is 1.68 bits per heavy atom. The van der Waals surface area contributed by atoms with Crippen molar-refractivity contribution in [2.24, 2.45) is 5.73 Å². The lowest BCUT2D eigenvalue weighted by atomic mass is 10.1. The summed E-state index contributed by atoms with van der Waals surface area (Å²) in [5, 5.41) is 7.25. The Kier molecular flexibility index (Phi) is 3.08. The maximum atomic E-state index is 5.74. The van der Waals surface area contributed by atoms with E-state index in [1.165, 1.54) is 0 Å². The zero-order valence-corrected chi connectivity index (χ0v) is 10.4. The fourth-order valence-corrected chi connectivity index (χ4v) is 2.02. The molecule has 19 heavy (non-hydrogen) atoms. The van der Waals surface area contributed by atoms with Gasteiger partial charge in [-0.15, -0.1) is 0 Å². The number of nitrogens with zero attached hydrogens (tertiary/aromatic N) is 2. The Bertz CT molecular complexity index is 673. The molecule has 0 amide bonds. The topological polar surface area (TPSA) is 67.6 Å². The molecule has 0 saturated carbocycles. The van der Waals surface area contributed by atoms with Gasteiger partial charge in [0.1, 0.15) is 0 Å². The molecule has 0 aliphatic heterocycles. The summed E-state index contributed by atoms with van der Waals surface area (Å²) in [5.41, 5.74) is 8.78. The van der Waals surface area contributed by atoms with Crippen molar-refractivity contribution in [3.63, 3.8) is 0 Å². The third-order valence-corrected chi connectivity index (χ3v) is 3.01. The van der Waals surface area contributed by atoms with E-state index in [-0.39, 0.29) is 0 Å². The van der Waals surface area contributed by atoms with Crippen LogP contribution < -0.4 is 5.73 Å². The summed E-state index contributed by atoms with van der Waals surface area (Å²) < 4.78 is 0. The Labute approximate surface area is 111 Å². The van der Waals surface area contributed by atoms with E-state index < -0.39 is 0 Å². The van der Waals surface area contributed by atoms with Crippen LogP contribution in [0.15, 0.2) is 54.6 Å². The molecule has 0 atom stereocenters. The fraction of sp³-hybridized carbons (Fsp3) is 0.0667. The summed E-state index contributed by atoms with van der Waals surface area (Å²) in [6, 6.07) is 17.8. The molecule has 1 heterocycles. The van der Waals surface area contributed by atoms with Gasteiger partial charge in [0, 0.05) is 17.7 Å². The van der Waals surface area contributed by atoms with Crippen LogP contribution in [0.3, 0.4) is 0 Å².